The van der Waals surface area contributed by atoms with Crippen LogP contribution in [0.1, 0.15) is 91.9 Å². The molecule has 0 amide bonds. The maximum atomic E-state index is 3.74. The van der Waals surface area contributed by atoms with Crippen LogP contribution in [0, 0.1) is 17.3 Å². The molecule has 120 valence electrons. The lowest BCUT2D eigenvalue weighted by atomic mass is 9.62. The van der Waals surface area contributed by atoms with E-state index in [2.05, 4.69) is 33.0 Å². The van der Waals surface area contributed by atoms with Crippen LogP contribution in [-0.2, 0) is 0 Å². The Balaban J connectivity index is 2.52. The Kier molecular flexibility index (Phi) is 8.84. The highest BCUT2D eigenvalue weighted by atomic mass is 14.9. The minimum absolute atomic E-state index is 0.605. The van der Waals surface area contributed by atoms with Crippen molar-refractivity contribution in [3.63, 3.8) is 0 Å². The summed E-state index contributed by atoms with van der Waals surface area (Å²) < 4.78 is 0. The molecule has 0 aromatic carbocycles. The average Bonchev–Trinajstić information content (AvgIpc) is 2.47. The third kappa shape index (κ3) is 5.39. The van der Waals surface area contributed by atoms with Gasteiger partial charge in [0.2, 0.25) is 0 Å². The van der Waals surface area contributed by atoms with Gasteiger partial charge in [-0.25, -0.2) is 0 Å². The van der Waals surface area contributed by atoms with E-state index in [1.807, 2.05) is 0 Å². The summed E-state index contributed by atoms with van der Waals surface area (Å²) in [4.78, 5) is 0. The fraction of sp³-hybridized carbons (Fsp3) is 1.00. The smallest absolute Gasteiger partial charge is 0.00104 e. The first-order valence-electron chi connectivity index (χ1n) is 9.39. The Morgan fingerprint density at radius 2 is 1.75 bits per heavy atom. The van der Waals surface area contributed by atoms with Crippen LogP contribution in [0.15, 0.2) is 0 Å². The van der Waals surface area contributed by atoms with Gasteiger partial charge in [-0.2, -0.15) is 0 Å². The largest absolute Gasteiger partial charge is 0.316 e. The van der Waals surface area contributed by atoms with Crippen molar-refractivity contribution in [2.24, 2.45) is 17.3 Å². The predicted octanol–water partition coefficient (Wildman–Crippen LogP) is 5.79. The normalized spacial score (nSPS) is 28.5. The van der Waals surface area contributed by atoms with Gasteiger partial charge in [-0.1, -0.05) is 59.8 Å². The zero-order valence-corrected chi connectivity index (χ0v) is 14.6. The Bertz CT molecular complexity index is 228. The van der Waals surface area contributed by atoms with E-state index in [0.29, 0.717) is 5.41 Å². The summed E-state index contributed by atoms with van der Waals surface area (Å²) >= 11 is 0. The zero-order valence-electron chi connectivity index (χ0n) is 14.6. The van der Waals surface area contributed by atoms with E-state index < -0.39 is 0 Å². The second kappa shape index (κ2) is 9.82. The van der Waals surface area contributed by atoms with E-state index >= 15 is 0 Å². The van der Waals surface area contributed by atoms with E-state index in [1.165, 1.54) is 77.3 Å². The molecule has 1 saturated carbocycles. The molecule has 0 radical (unpaired) electrons. The van der Waals surface area contributed by atoms with E-state index in [9.17, 15) is 0 Å². The van der Waals surface area contributed by atoms with Gasteiger partial charge in [-0.3, -0.25) is 0 Å². The topological polar surface area (TPSA) is 12.0 Å². The average molecular weight is 282 g/mol. The Morgan fingerprint density at radius 3 is 2.30 bits per heavy atom. The standard InChI is InChI=1S/C19H39N/c1-5-8-10-18-11-13-19(14-12-18,16-20-15-7-3)17(4)9-6-2/h17-18,20H,5-16H2,1-4H3. The second-order valence-electron chi connectivity index (χ2n) is 7.31. The molecule has 0 heterocycles. The van der Waals surface area contributed by atoms with Crippen LogP contribution < -0.4 is 5.32 Å². The van der Waals surface area contributed by atoms with Crippen LogP contribution in [0.2, 0.25) is 0 Å². The molecule has 0 aliphatic heterocycles. The molecular formula is C19H39N. The highest BCUT2D eigenvalue weighted by Gasteiger charge is 2.38. The van der Waals surface area contributed by atoms with Crippen molar-refractivity contribution in [2.75, 3.05) is 13.1 Å². The summed E-state index contributed by atoms with van der Waals surface area (Å²) in [6, 6.07) is 0. The molecule has 1 unspecified atom stereocenters. The van der Waals surface area contributed by atoms with E-state index in [1.54, 1.807) is 0 Å². The molecule has 1 heteroatoms. The van der Waals surface area contributed by atoms with Gasteiger partial charge in [0.15, 0.2) is 0 Å². The van der Waals surface area contributed by atoms with Crippen LogP contribution >= 0.6 is 0 Å². The molecule has 20 heavy (non-hydrogen) atoms. The Labute approximate surface area is 128 Å². The van der Waals surface area contributed by atoms with Crippen molar-refractivity contribution in [3.05, 3.63) is 0 Å². The third-order valence-electron chi connectivity index (χ3n) is 5.74. The van der Waals surface area contributed by atoms with E-state index in [4.69, 9.17) is 0 Å². The lowest BCUT2D eigenvalue weighted by molar-refractivity contribution is 0.0719. The quantitative estimate of drug-likeness (QED) is 0.500. The Morgan fingerprint density at radius 1 is 1.05 bits per heavy atom. The van der Waals surface area contributed by atoms with Crippen LogP contribution in [0.5, 0.6) is 0 Å². The first kappa shape index (κ1) is 18.0. The lowest BCUT2D eigenvalue weighted by Gasteiger charge is -2.45. The van der Waals surface area contributed by atoms with Gasteiger partial charge in [-0.05, 0) is 55.9 Å². The molecular weight excluding hydrogens is 242 g/mol. The predicted molar refractivity (Wildman–Crippen MR) is 91.1 cm³/mol. The van der Waals surface area contributed by atoms with Gasteiger partial charge in [0, 0.05) is 6.54 Å². The number of nitrogens with one attached hydrogen (secondary N) is 1. The molecule has 1 aliphatic rings. The van der Waals surface area contributed by atoms with E-state index in [-0.39, 0.29) is 0 Å². The fourth-order valence-electron chi connectivity index (χ4n) is 4.13. The molecule has 0 saturated heterocycles. The summed E-state index contributed by atoms with van der Waals surface area (Å²) in [5.74, 6) is 1.92. The van der Waals surface area contributed by atoms with Crippen molar-refractivity contribution in [2.45, 2.75) is 91.9 Å². The minimum atomic E-state index is 0.605. The van der Waals surface area contributed by atoms with Crippen LogP contribution in [0.25, 0.3) is 0 Å². The monoisotopic (exact) mass is 281 g/mol. The summed E-state index contributed by atoms with van der Waals surface area (Å²) in [5.41, 5.74) is 0.605. The number of hydrogen-bond donors (Lipinski definition) is 1. The molecule has 1 nitrogen and oxygen atoms in total. The van der Waals surface area contributed by atoms with Crippen molar-refractivity contribution in [1.29, 1.82) is 0 Å². The SMILES string of the molecule is CCCCC1CCC(CNCCC)(C(C)CCC)CC1. The number of rotatable bonds is 10. The molecule has 1 rings (SSSR count). The van der Waals surface area contributed by atoms with Crippen molar-refractivity contribution in [1.82, 2.24) is 5.32 Å². The lowest BCUT2D eigenvalue weighted by Crippen LogP contribution is -2.42. The molecule has 1 aliphatic carbocycles. The van der Waals surface area contributed by atoms with Gasteiger partial charge < -0.3 is 5.32 Å². The Hall–Kier alpha value is -0.0400. The van der Waals surface area contributed by atoms with Crippen molar-refractivity contribution >= 4 is 0 Å². The molecule has 0 bridgehead atoms. The first-order chi connectivity index (χ1) is 9.68. The summed E-state index contributed by atoms with van der Waals surface area (Å²) in [7, 11) is 0. The summed E-state index contributed by atoms with van der Waals surface area (Å²) in [5, 5.41) is 3.74. The maximum absolute atomic E-state index is 3.74. The zero-order chi connectivity index (χ0) is 14.8. The molecule has 0 aromatic heterocycles. The summed E-state index contributed by atoms with van der Waals surface area (Å²) in [6.07, 6.45) is 14.2. The van der Waals surface area contributed by atoms with Crippen LogP contribution in [0.4, 0.5) is 0 Å². The second-order valence-corrected chi connectivity index (χ2v) is 7.31. The molecule has 0 aromatic rings. The third-order valence-corrected chi connectivity index (χ3v) is 5.74. The minimum Gasteiger partial charge on any atom is -0.316 e. The molecule has 1 fully saturated rings. The number of unbranched alkanes of at least 4 members (excludes halogenated alkanes) is 1. The highest BCUT2D eigenvalue weighted by Crippen LogP contribution is 2.46. The summed E-state index contributed by atoms with van der Waals surface area (Å²) in [6.45, 7) is 11.9. The highest BCUT2D eigenvalue weighted by molar-refractivity contribution is 4.91. The first-order valence-corrected chi connectivity index (χ1v) is 9.39. The maximum Gasteiger partial charge on any atom is 0.00104 e. The fourth-order valence-corrected chi connectivity index (χ4v) is 4.13. The molecule has 1 N–H and O–H groups in total. The molecule has 1 atom stereocenters. The number of hydrogen-bond acceptors (Lipinski definition) is 1. The van der Waals surface area contributed by atoms with Gasteiger partial charge in [-0.15, -0.1) is 0 Å². The van der Waals surface area contributed by atoms with Crippen LogP contribution in [-0.4, -0.2) is 13.1 Å². The van der Waals surface area contributed by atoms with Crippen molar-refractivity contribution < 1.29 is 0 Å². The molecule has 0 spiro atoms. The van der Waals surface area contributed by atoms with Gasteiger partial charge >= 0.3 is 0 Å². The van der Waals surface area contributed by atoms with Gasteiger partial charge in [0.1, 0.15) is 0 Å². The van der Waals surface area contributed by atoms with E-state index in [0.717, 1.165) is 11.8 Å². The van der Waals surface area contributed by atoms with Crippen molar-refractivity contribution in [3.8, 4) is 0 Å². The van der Waals surface area contributed by atoms with Crippen LogP contribution in [0.3, 0.4) is 0 Å². The van der Waals surface area contributed by atoms with Gasteiger partial charge in [0.25, 0.3) is 0 Å². The van der Waals surface area contributed by atoms with Gasteiger partial charge in [0.05, 0.1) is 0 Å².